The van der Waals surface area contributed by atoms with Gasteiger partial charge in [0.2, 0.25) is 0 Å². The Hall–Kier alpha value is -0.830. The molecule has 2 N–H and O–H groups in total. The van der Waals surface area contributed by atoms with Gasteiger partial charge in [-0.05, 0) is 31.6 Å². The molecule has 3 nitrogen and oxygen atoms in total. The van der Waals surface area contributed by atoms with Crippen molar-refractivity contribution in [2.75, 3.05) is 6.54 Å². The van der Waals surface area contributed by atoms with Crippen LogP contribution in [0.5, 0.6) is 0 Å². The minimum absolute atomic E-state index is 0.755. The van der Waals surface area contributed by atoms with Gasteiger partial charge < -0.3 is 10.3 Å². The summed E-state index contributed by atoms with van der Waals surface area (Å²) in [5.41, 5.74) is 1.23. The molecule has 16 heavy (non-hydrogen) atoms. The molecule has 1 aliphatic carbocycles. The van der Waals surface area contributed by atoms with Crippen LogP contribution >= 0.6 is 0 Å². The summed E-state index contributed by atoms with van der Waals surface area (Å²) >= 11 is 0. The minimum atomic E-state index is 0.755. The lowest BCUT2D eigenvalue weighted by atomic mass is 9.84. The van der Waals surface area contributed by atoms with E-state index in [2.05, 4.69) is 22.2 Å². The van der Waals surface area contributed by atoms with Gasteiger partial charge in [-0.1, -0.05) is 13.3 Å². The Kier molecular flexibility index (Phi) is 4.40. The van der Waals surface area contributed by atoms with Crippen LogP contribution in [0, 0.1) is 5.92 Å². The summed E-state index contributed by atoms with van der Waals surface area (Å²) < 4.78 is 0. The molecule has 0 atom stereocenters. The smallest absolute Gasteiger partial charge is 0.0921 e. The van der Waals surface area contributed by atoms with Crippen molar-refractivity contribution in [2.45, 2.75) is 51.5 Å². The van der Waals surface area contributed by atoms with Crippen LogP contribution in [0.15, 0.2) is 12.5 Å². The summed E-state index contributed by atoms with van der Waals surface area (Å²) in [6.07, 6.45) is 11.6. The quantitative estimate of drug-likeness (QED) is 0.802. The maximum absolute atomic E-state index is 4.03. The zero-order valence-electron chi connectivity index (χ0n) is 10.2. The van der Waals surface area contributed by atoms with E-state index >= 15 is 0 Å². The zero-order chi connectivity index (χ0) is 11.2. The van der Waals surface area contributed by atoms with Gasteiger partial charge in [0.05, 0.1) is 6.33 Å². The maximum atomic E-state index is 4.03. The first-order valence-corrected chi connectivity index (χ1v) is 6.59. The summed E-state index contributed by atoms with van der Waals surface area (Å²) in [6.45, 7) is 3.39. The van der Waals surface area contributed by atoms with Crippen molar-refractivity contribution in [3.8, 4) is 0 Å². The molecule has 0 radical (unpaired) electrons. The average Bonchev–Trinajstić information content (AvgIpc) is 2.83. The highest BCUT2D eigenvalue weighted by Crippen LogP contribution is 2.26. The second-order valence-electron chi connectivity index (χ2n) is 4.91. The Morgan fingerprint density at radius 2 is 2.19 bits per heavy atom. The third kappa shape index (κ3) is 3.34. The molecule has 0 amide bonds. The van der Waals surface area contributed by atoms with Gasteiger partial charge in [-0.25, -0.2) is 4.98 Å². The van der Waals surface area contributed by atoms with E-state index in [1.165, 1.54) is 37.8 Å². The normalized spacial score (nSPS) is 25.8. The number of imidazole rings is 1. The van der Waals surface area contributed by atoms with Crippen molar-refractivity contribution < 1.29 is 0 Å². The van der Waals surface area contributed by atoms with Crippen LogP contribution in [0.25, 0.3) is 0 Å². The molecule has 1 aromatic rings. The van der Waals surface area contributed by atoms with Gasteiger partial charge in [-0.3, -0.25) is 0 Å². The maximum Gasteiger partial charge on any atom is 0.0921 e. The standard InChI is InChI=1S/C13H23N3/c1-2-11-3-5-12(6-4-11)15-8-7-13-9-14-10-16-13/h9-12,15H,2-8H2,1H3,(H,14,16). The Balaban J connectivity index is 1.60. The highest BCUT2D eigenvalue weighted by molar-refractivity contribution is 4.94. The highest BCUT2D eigenvalue weighted by atomic mass is 14.9. The van der Waals surface area contributed by atoms with E-state index in [4.69, 9.17) is 0 Å². The molecule has 2 rings (SSSR count). The lowest BCUT2D eigenvalue weighted by Gasteiger charge is -2.28. The third-order valence-corrected chi connectivity index (χ3v) is 3.81. The first kappa shape index (κ1) is 11.6. The van der Waals surface area contributed by atoms with E-state index in [0.29, 0.717) is 0 Å². The molecule has 1 aliphatic rings. The van der Waals surface area contributed by atoms with Crippen molar-refractivity contribution in [3.05, 3.63) is 18.2 Å². The third-order valence-electron chi connectivity index (χ3n) is 3.81. The summed E-state index contributed by atoms with van der Waals surface area (Å²) in [4.78, 5) is 7.17. The lowest BCUT2D eigenvalue weighted by molar-refractivity contribution is 0.287. The van der Waals surface area contributed by atoms with Gasteiger partial charge >= 0.3 is 0 Å². The molecule has 0 saturated heterocycles. The Morgan fingerprint density at radius 3 is 2.81 bits per heavy atom. The monoisotopic (exact) mass is 221 g/mol. The van der Waals surface area contributed by atoms with Crippen LogP contribution in [0.2, 0.25) is 0 Å². The van der Waals surface area contributed by atoms with Gasteiger partial charge in [0.1, 0.15) is 0 Å². The van der Waals surface area contributed by atoms with Crippen LogP contribution in [-0.2, 0) is 6.42 Å². The Labute approximate surface area is 98.1 Å². The number of nitrogens with one attached hydrogen (secondary N) is 2. The van der Waals surface area contributed by atoms with Crippen LogP contribution in [0.1, 0.15) is 44.7 Å². The SMILES string of the molecule is CCC1CCC(NCCc2cnc[nH]2)CC1. The van der Waals surface area contributed by atoms with Crippen molar-refractivity contribution >= 4 is 0 Å². The summed E-state index contributed by atoms with van der Waals surface area (Å²) in [5.74, 6) is 0.991. The molecular formula is C13H23N3. The Morgan fingerprint density at radius 1 is 1.38 bits per heavy atom. The van der Waals surface area contributed by atoms with Crippen molar-refractivity contribution in [1.29, 1.82) is 0 Å². The topological polar surface area (TPSA) is 40.7 Å². The fraction of sp³-hybridized carbons (Fsp3) is 0.769. The van der Waals surface area contributed by atoms with E-state index in [-0.39, 0.29) is 0 Å². The lowest BCUT2D eigenvalue weighted by Crippen LogP contribution is -2.34. The minimum Gasteiger partial charge on any atom is -0.348 e. The molecule has 1 heterocycles. The second kappa shape index (κ2) is 6.04. The molecule has 0 aliphatic heterocycles. The molecule has 0 spiro atoms. The molecule has 0 aromatic carbocycles. The number of hydrogen-bond donors (Lipinski definition) is 2. The van der Waals surface area contributed by atoms with E-state index in [9.17, 15) is 0 Å². The second-order valence-corrected chi connectivity index (χ2v) is 4.91. The van der Waals surface area contributed by atoms with Gasteiger partial charge in [0, 0.05) is 30.9 Å². The number of nitrogens with zero attached hydrogens (tertiary/aromatic N) is 1. The van der Waals surface area contributed by atoms with Gasteiger partial charge in [-0.2, -0.15) is 0 Å². The van der Waals surface area contributed by atoms with E-state index < -0.39 is 0 Å². The van der Waals surface area contributed by atoms with Gasteiger partial charge in [0.15, 0.2) is 0 Å². The fourth-order valence-corrected chi connectivity index (χ4v) is 2.61. The van der Waals surface area contributed by atoms with E-state index in [1.54, 1.807) is 6.33 Å². The fourth-order valence-electron chi connectivity index (χ4n) is 2.61. The number of aromatic nitrogens is 2. The first-order valence-electron chi connectivity index (χ1n) is 6.59. The summed E-state index contributed by atoms with van der Waals surface area (Å²) in [7, 11) is 0. The number of rotatable bonds is 5. The first-order chi connectivity index (χ1) is 7.88. The number of hydrogen-bond acceptors (Lipinski definition) is 2. The van der Waals surface area contributed by atoms with Gasteiger partial charge in [0.25, 0.3) is 0 Å². The summed E-state index contributed by atoms with van der Waals surface area (Å²) in [6, 6.07) is 0.755. The van der Waals surface area contributed by atoms with Gasteiger partial charge in [-0.15, -0.1) is 0 Å². The van der Waals surface area contributed by atoms with Crippen LogP contribution < -0.4 is 5.32 Å². The van der Waals surface area contributed by atoms with Crippen LogP contribution in [0.3, 0.4) is 0 Å². The molecule has 1 fully saturated rings. The Bertz CT molecular complexity index is 273. The molecule has 90 valence electrons. The van der Waals surface area contributed by atoms with E-state index in [1.807, 2.05) is 6.20 Å². The number of H-pyrrole nitrogens is 1. The largest absolute Gasteiger partial charge is 0.348 e. The summed E-state index contributed by atoms with van der Waals surface area (Å²) in [5, 5.41) is 3.66. The zero-order valence-corrected chi connectivity index (χ0v) is 10.2. The molecule has 0 unspecified atom stereocenters. The van der Waals surface area contributed by atoms with Crippen LogP contribution in [0.4, 0.5) is 0 Å². The molecule has 1 aromatic heterocycles. The molecule has 1 saturated carbocycles. The van der Waals surface area contributed by atoms with Crippen molar-refractivity contribution in [2.24, 2.45) is 5.92 Å². The molecular weight excluding hydrogens is 198 g/mol. The molecule has 0 bridgehead atoms. The predicted octanol–water partition coefficient (Wildman–Crippen LogP) is 2.51. The van der Waals surface area contributed by atoms with Crippen molar-refractivity contribution in [3.63, 3.8) is 0 Å². The predicted molar refractivity (Wildman–Crippen MR) is 66.3 cm³/mol. The average molecular weight is 221 g/mol. The van der Waals surface area contributed by atoms with Crippen LogP contribution in [-0.4, -0.2) is 22.6 Å². The number of aromatic amines is 1. The van der Waals surface area contributed by atoms with E-state index in [0.717, 1.165) is 24.9 Å². The highest BCUT2D eigenvalue weighted by Gasteiger charge is 2.18. The molecule has 3 heteroatoms. The van der Waals surface area contributed by atoms with Crippen molar-refractivity contribution in [1.82, 2.24) is 15.3 Å².